The fourth-order valence-corrected chi connectivity index (χ4v) is 15.8. The first-order valence-corrected chi connectivity index (χ1v) is 23.1. The molecule has 256 valence electrons. The maximum Gasteiger partial charge on any atom is 0 e. The second-order valence-electron chi connectivity index (χ2n) is 15.9. The topological polar surface area (TPSA) is 0 Å². The first-order valence-electron chi connectivity index (χ1n) is 18.8. The first-order chi connectivity index (χ1) is 23.3. The van der Waals surface area contributed by atoms with E-state index in [-0.39, 0.29) is 18.9 Å². The predicted octanol–water partition coefficient (Wildman–Crippen LogP) is 11.9. The summed E-state index contributed by atoms with van der Waals surface area (Å²) in [5, 5.41) is 0. The fraction of sp³-hybridized carbons (Fsp3) is 0.375. The van der Waals surface area contributed by atoms with Crippen molar-refractivity contribution in [1.82, 2.24) is 0 Å². The standard InChI is InChI=1S/C36H49.2C6H5.Li.Sn/c1-21(2)29-17-31(23(5)6)35(32(18-29)24(7)8)27-14-13-15-28(16-27)36-33(25(9)10)19-30(22(3)4)20-34(36)26(11)12;2*1-2-4-6-5-3-1;;/h13-15,17-26H,1-12H3;2*1-5H;;. The summed E-state index contributed by atoms with van der Waals surface area (Å²) in [6.45, 7) is 28.5. The summed E-state index contributed by atoms with van der Waals surface area (Å²) in [5.74, 6) is 2.60. The molecule has 0 unspecified atom stereocenters. The Morgan fingerprint density at radius 3 is 0.920 bits per heavy atom. The van der Waals surface area contributed by atoms with Crippen molar-refractivity contribution in [3.63, 3.8) is 0 Å². The van der Waals surface area contributed by atoms with Crippen LogP contribution in [0.2, 0.25) is 0 Å². The van der Waals surface area contributed by atoms with Crippen molar-refractivity contribution in [2.24, 2.45) is 0 Å². The summed E-state index contributed by atoms with van der Waals surface area (Å²) in [5.41, 5.74) is 14.7. The van der Waals surface area contributed by atoms with Crippen LogP contribution in [-0.2, 0) is 0 Å². The molecule has 0 aromatic heterocycles. The van der Waals surface area contributed by atoms with Crippen molar-refractivity contribution < 1.29 is 0 Å². The zero-order valence-corrected chi connectivity index (χ0v) is 36.1. The zero-order chi connectivity index (χ0) is 35.6. The van der Waals surface area contributed by atoms with Crippen LogP contribution < -0.4 is 10.7 Å². The molecular formula is C48H59LiSn. The number of hydrogen-bond acceptors (Lipinski definition) is 0. The SMILES string of the molecule is CC(C)c1cc(C(C)C)c(-c2cccc(-c3c(C(C)C)cc(C(C)C)cc3C(C)C)[c]2[Sn]([c]2ccccc2)[c]2ccccc2)c(C(C)C)c1.[Li]. The monoisotopic (exact) mass is 762 g/mol. The van der Waals surface area contributed by atoms with Crippen LogP contribution in [-0.4, -0.2) is 38.6 Å². The molecule has 0 bridgehead atoms. The predicted molar refractivity (Wildman–Crippen MR) is 225 cm³/mol. The van der Waals surface area contributed by atoms with Crippen LogP contribution in [0.5, 0.6) is 0 Å². The summed E-state index contributed by atoms with van der Waals surface area (Å²) < 4.78 is 4.66. The minimum absolute atomic E-state index is 0. The van der Waals surface area contributed by atoms with E-state index in [0.717, 1.165) is 0 Å². The van der Waals surface area contributed by atoms with Crippen molar-refractivity contribution in [1.29, 1.82) is 0 Å². The van der Waals surface area contributed by atoms with Gasteiger partial charge in [-0.2, -0.15) is 0 Å². The summed E-state index contributed by atoms with van der Waals surface area (Å²) in [6.07, 6.45) is 0. The molecule has 0 fully saturated rings. The molecule has 50 heavy (non-hydrogen) atoms. The van der Waals surface area contributed by atoms with E-state index in [2.05, 4.69) is 186 Å². The summed E-state index contributed by atoms with van der Waals surface area (Å²) in [4.78, 5) is 0. The minimum Gasteiger partial charge on any atom is 0 e. The van der Waals surface area contributed by atoms with Gasteiger partial charge in [-0.25, -0.2) is 0 Å². The smallest absolute Gasteiger partial charge is 0 e. The zero-order valence-electron chi connectivity index (χ0n) is 33.3. The Balaban J connectivity index is 0.00000562. The van der Waals surface area contributed by atoms with Crippen molar-refractivity contribution in [2.75, 3.05) is 0 Å². The van der Waals surface area contributed by atoms with E-state index in [1.54, 1.807) is 3.58 Å². The van der Waals surface area contributed by atoms with E-state index in [1.807, 2.05) is 0 Å². The first kappa shape index (κ1) is 40.3. The van der Waals surface area contributed by atoms with Gasteiger partial charge in [-0.05, 0) is 0 Å². The second-order valence-corrected chi connectivity index (χ2v) is 22.8. The van der Waals surface area contributed by atoms with Crippen LogP contribution in [0, 0.1) is 0 Å². The van der Waals surface area contributed by atoms with Gasteiger partial charge in [0, 0.05) is 18.9 Å². The third-order valence-electron chi connectivity index (χ3n) is 10.2. The van der Waals surface area contributed by atoms with Crippen molar-refractivity contribution in [2.45, 2.75) is 119 Å². The third-order valence-corrected chi connectivity index (χ3v) is 18.4. The van der Waals surface area contributed by atoms with E-state index in [0.29, 0.717) is 35.5 Å². The average Bonchev–Trinajstić information content (AvgIpc) is 3.08. The Morgan fingerprint density at radius 1 is 0.360 bits per heavy atom. The Labute approximate surface area is 324 Å². The Kier molecular flexibility index (Phi) is 14.0. The molecule has 0 N–H and O–H groups in total. The maximum atomic E-state index is 2.54. The number of benzene rings is 5. The Hall–Kier alpha value is -2.50. The molecule has 0 heterocycles. The van der Waals surface area contributed by atoms with Gasteiger partial charge in [0.15, 0.2) is 0 Å². The number of hydrogen-bond donors (Lipinski definition) is 0. The summed E-state index contributed by atoms with van der Waals surface area (Å²) >= 11 is -2.85. The Bertz CT molecular complexity index is 1670. The van der Waals surface area contributed by atoms with Crippen molar-refractivity contribution >= 4 is 49.4 Å². The van der Waals surface area contributed by atoms with Gasteiger partial charge in [0.2, 0.25) is 0 Å². The maximum absolute atomic E-state index is 2.85. The molecule has 0 aliphatic heterocycles. The molecule has 0 amide bonds. The molecule has 5 aromatic carbocycles. The molecule has 0 saturated carbocycles. The third kappa shape index (κ3) is 8.41. The molecule has 0 spiro atoms. The van der Waals surface area contributed by atoms with Gasteiger partial charge in [0.25, 0.3) is 0 Å². The minimum atomic E-state index is -2.85. The van der Waals surface area contributed by atoms with Crippen LogP contribution in [0.1, 0.15) is 152 Å². The van der Waals surface area contributed by atoms with Gasteiger partial charge >= 0.3 is 308 Å². The molecule has 0 saturated heterocycles. The number of rotatable bonds is 11. The average molecular weight is 762 g/mol. The van der Waals surface area contributed by atoms with E-state index < -0.39 is 19.8 Å². The molecule has 2 heteroatoms. The molecular weight excluding hydrogens is 702 g/mol. The molecule has 5 aromatic rings. The van der Waals surface area contributed by atoms with Crippen LogP contribution in [0.4, 0.5) is 0 Å². The van der Waals surface area contributed by atoms with Gasteiger partial charge in [0.1, 0.15) is 0 Å². The van der Waals surface area contributed by atoms with Crippen molar-refractivity contribution in [3.05, 3.63) is 137 Å². The molecule has 2 radical (unpaired) electrons. The van der Waals surface area contributed by atoms with Gasteiger partial charge in [-0.1, -0.05) is 0 Å². The van der Waals surface area contributed by atoms with E-state index in [4.69, 9.17) is 0 Å². The fourth-order valence-electron chi connectivity index (χ4n) is 7.44. The van der Waals surface area contributed by atoms with E-state index >= 15 is 0 Å². The van der Waals surface area contributed by atoms with Gasteiger partial charge < -0.3 is 0 Å². The largest absolute Gasteiger partial charge is 0 e. The molecule has 0 atom stereocenters. The Morgan fingerprint density at radius 2 is 0.660 bits per heavy atom. The molecule has 0 aliphatic rings. The van der Waals surface area contributed by atoms with Crippen LogP contribution in [0.3, 0.4) is 0 Å². The molecule has 0 aliphatic carbocycles. The van der Waals surface area contributed by atoms with Crippen LogP contribution in [0.25, 0.3) is 22.3 Å². The van der Waals surface area contributed by atoms with Crippen molar-refractivity contribution in [3.8, 4) is 22.3 Å². The normalized spacial score (nSPS) is 11.9. The van der Waals surface area contributed by atoms with E-state index in [1.165, 1.54) is 62.8 Å². The van der Waals surface area contributed by atoms with Gasteiger partial charge in [-0.3, -0.25) is 0 Å². The quantitative estimate of drug-likeness (QED) is 0.118. The van der Waals surface area contributed by atoms with Crippen LogP contribution >= 0.6 is 0 Å². The molecule has 0 nitrogen and oxygen atoms in total. The molecule has 5 rings (SSSR count). The van der Waals surface area contributed by atoms with E-state index in [9.17, 15) is 0 Å². The van der Waals surface area contributed by atoms with Gasteiger partial charge in [0.05, 0.1) is 0 Å². The van der Waals surface area contributed by atoms with Gasteiger partial charge in [-0.15, -0.1) is 0 Å². The van der Waals surface area contributed by atoms with Crippen LogP contribution in [0.15, 0.2) is 103 Å². The second kappa shape index (κ2) is 17.3. The summed E-state index contributed by atoms with van der Waals surface area (Å²) in [7, 11) is 0. The summed E-state index contributed by atoms with van der Waals surface area (Å²) in [6, 6.07) is 40.6.